The highest BCUT2D eigenvalue weighted by Gasteiger charge is 2.31. The van der Waals surface area contributed by atoms with Gasteiger partial charge in [-0.15, -0.1) is 0 Å². The lowest BCUT2D eigenvalue weighted by Crippen LogP contribution is -2.42. The van der Waals surface area contributed by atoms with Crippen molar-refractivity contribution in [2.45, 2.75) is 45.5 Å². The van der Waals surface area contributed by atoms with Gasteiger partial charge in [-0.05, 0) is 71.0 Å². The number of halogens is 3. The van der Waals surface area contributed by atoms with Crippen molar-refractivity contribution >= 4 is 11.4 Å². The lowest BCUT2D eigenvalue weighted by Gasteiger charge is -2.36. The maximum atomic E-state index is 15.0. The first-order chi connectivity index (χ1) is 18.7. The highest BCUT2D eigenvalue weighted by atomic mass is 19.1. The minimum atomic E-state index is -1.64. The Balaban J connectivity index is 1.33. The maximum Gasteiger partial charge on any atom is 0.256 e. The van der Waals surface area contributed by atoms with E-state index >= 15 is 0 Å². The summed E-state index contributed by atoms with van der Waals surface area (Å²) in [5.74, 6) is -0.519. The normalized spacial score (nSPS) is 18.0. The van der Waals surface area contributed by atoms with Crippen molar-refractivity contribution in [3.63, 3.8) is 0 Å². The van der Waals surface area contributed by atoms with Crippen molar-refractivity contribution in [3.05, 3.63) is 59.8 Å². The van der Waals surface area contributed by atoms with E-state index in [2.05, 4.69) is 44.9 Å². The van der Waals surface area contributed by atoms with Gasteiger partial charge in [0.25, 0.3) is 6.36 Å². The number of alkyl halides is 1. The van der Waals surface area contributed by atoms with E-state index in [9.17, 15) is 13.2 Å². The fourth-order valence-electron chi connectivity index (χ4n) is 5.40. The standard InChI is InChI=1S/C29H35F3N6O/c1-18(2)38-17-26(32)39-29-23(30)11-20(12-25(29)38)28-24(31)15-34-27(35-28)13-21-5-6-22(14-33-21)37-9-7-19(8-10-37)16-36(3)4/h5-6,11-12,14-15,18-19,26H,7-10,13,16-17H2,1-4H3. The van der Waals surface area contributed by atoms with Crippen LogP contribution in [-0.2, 0) is 6.42 Å². The van der Waals surface area contributed by atoms with Gasteiger partial charge in [0.2, 0.25) is 0 Å². The Morgan fingerprint density at radius 3 is 2.49 bits per heavy atom. The van der Waals surface area contributed by atoms with E-state index in [-0.39, 0.29) is 29.6 Å². The molecule has 0 aliphatic carbocycles. The van der Waals surface area contributed by atoms with E-state index in [1.165, 1.54) is 0 Å². The average molecular weight is 541 g/mol. The molecular weight excluding hydrogens is 505 g/mol. The number of ether oxygens (including phenoxy) is 1. The third-order valence-electron chi connectivity index (χ3n) is 7.36. The van der Waals surface area contributed by atoms with Gasteiger partial charge < -0.3 is 19.4 Å². The van der Waals surface area contributed by atoms with E-state index in [1.54, 1.807) is 11.0 Å². The molecule has 4 heterocycles. The van der Waals surface area contributed by atoms with Crippen LogP contribution in [-0.4, -0.2) is 72.5 Å². The first-order valence-corrected chi connectivity index (χ1v) is 13.4. The zero-order valence-corrected chi connectivity index (χ0v) is 22.9. The molecule has 39 heavy (non-hydrogen) atoms. The maximum absolute atomic E-state index is 15.0. The van der Waals surface area contributed by atoms with Crippen LogP contribution in [0.2, 0.25) is 0 Å². The monoisotopic (exact) mass is 540 g/mol. The molecule has 2 aliphatic rings. The van der Waals surface area contributed by atoms with E-state index in [0.717, 1.165) is 62.0 Å². The summed E-state index contributed by atoms with van der Waals surface area (Å²) >= 11 is 0. The van der Waals surface area contributed by atoms with Gasteiger partial charge in [-0.1, -0.05) is 0 Å². The first kappa shape index (κ1) is 27.2. The Hall–Kier alpha value is -3.40. The summed E-state index contributed by atoms with van der Waals surface area (Å²) < 4.78 is 49.0. The molecule has 0 radical (unpaired) electrons. The second-order valence-corrected chi connectivity index (χ2v) is 10.9. The number of hydrogen-bond donors (Lipinski definition) is 0. The molecule has 0 N–H and O–H groups in total. The zero-order chi connectivity index (χ0) is 27.7. The summed E-state index contributed by atoms with van der Waals surface area (Å²) in [6.07, 6.45) is 3.93. The number of benzene rings is 1. The zero-order valence-electron chi connectivity index (χ0n) is 22.9. The van der Waals surface area contributed by atoms with Crippen LogP contribution >= 0.6 is 0 Å². The summed E-state index contributed by atoms with van der Waals surface area (Å²) in [6.45, 7) is 6.84. The number of hydrogen-bond acceptors (Lipinski definition) is 7. The molecule has 2 aliphatic heterocycles. The molecule has 5 rings (SSSR count). The van der Waals surface area contributed by atoms with E-state index in [1.807, 2.05) is 26.1 Å². The molecule has 3 aromatic rings. The van der Waals surface area contributed by atoms with Crippen LogP contribution in [0.4, 0.5) is 24.5 Å². The van der Waals surface area contributed by atoms with Crippen molar-refractivity contribution in [1.29, 1.82) is 0 Å². The number of nitrogens with zero attached hydrogens (tertiary/aromatic N) is 6. The lowest BCUT2D eigenvalue weighted by atomic mass is 9.96. The Morgan fingerprint density at radius 2 is 1.82 bits per heavy atom. The van der Waals surface area contributed by atoms with Crippen molar-refractivity contribution < 1.29 is 17.9 Å². The van der Waals surface area contributed by atoms with Crippen LogP contribution in [0.25, 0.3) is 11.3 Å². The minimum Gasteiger partial charge on any atom is -0.453 e. The molecule has 0 spiro atoms. The molecule has 1 atom stereocenters. The summed E-state index contributed by atoms with van der Waals surface area (Å²) in [7, 11) is 4.23. The van der Waals surface area contributed by atoms with Crippen molar-refractivity contribution in [3.8, 4) is 17.0 Å². The second kappa shape index (κ2) is 11.4. The molecule has 2 aromatic heterocycles. The smallest absolute Gasteiger partial charge is 0.256 e. The van der Waals surface area contributed by atoms with Crippen LogP contribution in [0, 0.1) is 17.6 Å². The van der Waals surface area contributed by atoms with Crippen LogP contribution in [0.15, 0.2) is 36.7 Å². The molecule has 7 nitrogen and oxygen atoms in total. The summed E-state index contributed by atoms with van der Waals surface area (Å²) in [6, 6.07) is 6.60. The van der Waals surface area contributed by atoms with Crippen LogP contribution in [0.1, 0.15) is 38.2 Å². The van der Waals surface area contributed by atoms with Gasteiger partial charge in [-0.3, -0.25) is 4.98 Å². The predicted octanol–water partition coefficient (Wildman–Crippen LogP) is 5.09. The Morgan fingerprint density at radius 1 is 1.05 bits per heavy atom. The van der Waals surface area contributed by atoms with Crippen LogP contribution < -0.4 is 14.5 Å². The van der Waals surface area contributed by atoms with Gasteiger partial charge in [0.15, 0.2) is 17.4 Å². The second-order valence-electron chi connectivity index (χ2n) is 10.9. The fraction of sp³-hybridized carbons (Fsp3) is 0.483. The predicted molar refractivity (Wildman–Crippen MR) is 146 cm³/mol. The highest BCUT2D eigenvalue weighted by molar-refractivity contribution is 5.72. The molecule has 1 unspecified atom stereocenters. The largest absolute Gasteiger partial charge is 0.453 e. The Kier molecular flexibility index (Phi) is 7.93. The first-order valence-electron chi connectivity index (χ1n) is 13.4. The molecule has 208 valence electrons. The number of aromatic nitrogens is 3. The summed E-state index contributed by atoms with van der Waals surface area (Å²) in [4.78, 5) is 19.5. The number of anilines is 2. The third kappa shape index (κ3) is 6.11. The topological polar surface area (TPSA) is 57.6 Å². The third-order valence-corrected chi connectivity index (χ3v) is 7.36. The SMILES string of the molecule is CC(C)N1CC(F)Oc2c(F)cc(-c3nc(Cc4ccc(N5CCC(CN(C)C)CC5)cn4)ncc3F)cc21. The molecule has 0 amide bonds. The van der Waals surface area contributed by atoms with E-state index in [4.69, 9.17) is 4.74 Å². The lowest BCUT2D eigenvalue weighted by molar-refractivity contribution is 0.0591. The minimum absolute atomic E-state index is 0.0232. The van der Waals surface area contributed by atoms with Crippen molar-refractivity contribution in [2.75, 3.05) is 50.1 Å². The van der Waals surface area contributed by atoms with Gasteiger partial charge in [0, 0.05) is 36.9 Å². The Bertz CT molecular complexity index is 1290. The van der Waals surface area contributed by atoms with Crippen LogP contribution in [0.5, 0.6) is 5.75 Å². The molecule has 1 aromatic carbocycles. The number of rotatable bonds is 7. The highest BCUT2D eigenvalue weighted by Crippen LogP contribution is 2.40. The molecular formula is C29H35F3N6O. The number of fused-ring (bicyclic) bond motifs is 1. The summed E-state index contributed by atoms with van der Waals surface area (Å²) in [5.41, 5.74) is 2.42. The van der Waals surface area contributed by atoms with Gasteiger partial charge >= 0.3 is 0 Å². The van der Waals surface area contributed by atoms with Gasteiger partial charge in [0.1, 0.15) is 11.5 Å². The number of piperidine rings is 1. The van der Waals surface area contributed by atoms with Gasteiger partial charge in [0.05, 0.1) is 36.7 Å². The summed E-state index contributed by atoms with van der Waals surface area (Å²) in [5, 5.41) is 0. The number of pyridine rings is 1. The molecule has 0 saturated carbocycles. The van der Waals surface area contributed by atoms with Gasteiger partial charge in [-0.2, -0.15) is 4.39 Å². The molecule has 10 heteroatoms. The molecule has 0 bridgehead atoms. The fourth-order valence-corrected chi connectivity index (χ4v) is 5.40. The van der Waals surface area contributed by atoms with Crippen LogP contribution in [0.3, 0.4) is 0 Å². The quantitative estimate of drug-likeness (QED) is 0.414. The molecule has 1 fully saturated rings. The van der Waals surface area contributed by atoms with E-state index < -0.39 is 18.0 Å². The Labute approximate surface area is 227 Å². The molecule has 1 saturated heterocycles. The van der Waals surface area contributed by atoms with Crippen molar-refractivity contribution in [1.82, 2.24) is 19.9 Å². The van der Waals surface area contributed by atoms with Crippen molar-refractivity contribution in [2.24, 2.45) is 5.92 Å². The average Bonchev–Trinajstić information content (AvgIpc) is 2.90. The van der Waals surface area contributed by atoms with E-state index in [0.29, 0.717) is 17.9 Å². The van der Waals surface area contributed by atoms with Gasteiger partial charge in [-0.25, -0.2) is 18.7 Å².